The summed E-state index contributed by atoms with van der Waals surface area (Å²) >= 11 is 0. The van der Waals surface area contributed by atoms with Crippen molar-refractivity contribution in [1.29, 1.82) is 0 Å². The van der Waals surface area contributed by atoms with Gasteiger partial charge >= 0.3 is 0 Å². The van der Waals surface area contributed by atoms with Crippen molar-refractivity contribution in [1.82, 2.24) is 0 Å². The van der Waals surface area contributed by atoms with Crippen LogP contribution in [0.15, 0.2) is 42.5 Å². The average molecular weight is 275 g/mol. The Hall–Kier alpha value is -1.94. The molecule has 0 aromatic heterocycles. The smallest absolute Gasteiger partial charge is 0.128 e. The second-order valence-electron chi connectivity index (χ2n) is 5.03. The zero-order valence-electron chi connectivity index (χ0n) is 10.9. The third-order valence-corrected chi connectivity index (χ3v) is 3.36. The van der Waals surface area contributed by atoms with Crippen molar-refractivity contribution in [2.75, 3.05) is 0 Å². The van der Waals surface area contributed by atoms with Crippen molar-refractivity contribution in [3.05, 3.63) is 65.2 Å². The van der Waals surface area contributed by atoms with Gasteiger partial charge in [-0.15, -0.1) is 0 Å². The molecule has 0 radical (unpaired) electrons. The van der Waals surface area contributed by atoms with Gasteiger partial charge in [0.2, 0.25) is 0 Å². The summed E-state index contributed by atoms with van der Waals surface area (Å²) in [7, 11) is 0. The molecule has 1 aliphatic carbocycles. The van der Waals surface area contributed by atoms with Crippen LogP contribution in [0.25, 0.3) is 0 Å². The van der Waals surface area contributed by atoms with E-state index in [1.165, 1.54) is 0 Å². The first kappa shape index (κ1) is 13.1. The first-order chi connectivity index (χ1) is 9.63. The minimum absolute atomic E-state index is 0.154. The summed E-state index contributed by atoms with van der Waals surface area (Å²) in [5.41, 5.74) is 6.88. The second kappa shape index (κ2) is 5.21. The SMILES string of the molecule is NC(c1ccc(OC2CC2)cc1)c1cc(F)ccc1F. The van der Waals surface area contributed by atoms with Gasteiger partial charge in [-0.05, 0) is 48.7 Å². The molecular weight excluding hydrogens is 260 g/mol. The number of hydrogen-bond acceptors (Lipinski definition) is 2. The lowest BCUT2D eigenvalue weighted by molar-refractivity contribution is 0.303. The molecule has 0 amide bonds. The van der Waals surface area contributed by atoms with Crippen LogP contribution in [0.2, 0.25) is 0 Å². The molecule has 104 valence electrons. The molecule has 1 unspecified atom stereocenters. The first-order valence-corrected chi connectivity index (χ1v) is 6.60. The third-order valence-electron chi connectivity index (χ3n) is 3.36. The lowest BCUT2D eigenvalue weighted by Crippen LogP contribution is -2.14. The van der Waals surface area contributed by atoms with Gasteiger partial charge in [0.25, 0.3) is 0 Å². The molecule has 1 aliphatic rings. The van der Waals surface area contributed by atoms with Crippen LogP contribution < -0.4 is 10.5 Å². The summed E-state index contributed by atoms with van der Waals surface area (Å²) in [6.45, 7) is 0. The van der Waals surface area contributed by atoms with Crippen molar-refractivity contribution < 1.29 is 13.5 Å². The predicted octanol–water partition coefficient (Wildman–Crippen LogP) is 3.55. The normalized spacial score (nSPS) is 15.9. The van der Waals surface area contributed by atoms with Crippen molar-refractivity contribution in [3.63, 3.8) is 0 Å². The number of nitrogens with two attached hydrogens (primary N) is 1. The van der Waals surface area contributed by atoms with Crippen molar-refractivity contribution in [2.45, 2.75) is 25.0 Å². The van der Waals surface area contributed by atoms with Crippen LogP contribution in [0.4, 0.5) is 8.78 Å². The zero-order valence-corrected chi connectivity index (χ0v) is 10.9. The lowest BCUT2D eigenvalue weighted by Gasteiger charge is -2.14. The van der Waals surface area contributed by atoms with Gasteiger partial charge in [-0.3, -0.25) is 0 Å². The van der Waals surface area contributed by atoms with Crippen LogP contribution in [0.3, 0.4) is 0 Å². The fourth-order valence-corrected chi connectivity index (χ4v) is 2.06. The highest BCUT2D eigenvalue weighted by atomic mass is 19.1. The molecule has 4 heteroatoms. The second-order valence-corrected chi connectivity index (χ2v) is 5.03. The van der Waals surface area contributed by atoms with Crippen LogP contribution in [0, 0.1) is 11.6 Å². The van der Waals surface area contributed by atoms with Crippen LogP contribution >= 0.6 is 0 Å². The van der Waals surface area contributed by atoms with Gasteiger partial charge < -0.3 is 10.5 Å². The Bertz CT molecular complexity index is 608. The van der Waals surface area contributed by atoms with E-state index in [4.69, 9.17) is 10.5 Å². The molecular formula is C16H15F2NO. The van der Waals surface area contributed by atoms with Crippen LogP contribution in [-0.2, 0) is 0 Å². The number of ether oxygens (including phenoxy) is 1. The van der Waals surface area contributed by atoms with E-state index in [-0.39, 0.29) is 5.56 Å². The Balaban J connectivity index is 1.81. The van der Waals surface area contributed by atoms with E-state index in [2.05, 4.69) is 0 Å². The summed E-state index contributed by atoms with van der Waals surface area (Å²) in [4.78, 5) is 0. The molecule has 0 heterocycles. The summed E-state index contributed by atoms with van der Waals surface area (Å²) in [6.07, 6.45) is 2.51. The van der Waals surface area contributed by atoms with E-state index in [0.29, 0.717) is 6.10 Å². The molecule has 0 spiro atoms. The molecule has 1 atom stereocenters. The number of benzene rings is 2. The highest BCUT2D eigenvalue weighted by molar-refractivity contribution is 5.36. The van der Waals surface area contributed by atoms with Gasteiger partial charge in [0.15, 0.2) is 0 Å². The molecule has 3 rings (SSSR count). The average Bonchev–Trinajstić information content (AvgIpc) is 3.26. The first-order valence-electron chi connectivity index (χ1n) is 6.60. The minimum Gasteiger partial charge on any atom is -0.490 e. The third kappa shape index (κ3) is 2.80. The molecule has 0 saturated heterocycles. The lowest BCUT2D eigenvalue weighted by atomic mass is 9.99. The molecule has 1 fully saturated rings. The number of halogens is 2. The van der Waals surface area contributed by atoms with Crippen molar-refractivity contribution in [2.24, 2.45) is 5.73 Å². The Morgan fingerprint density at radius 2 is 1.75 bits per heavy atom. The summed E-state index contributed by atoms with van der Waals surface area (Å²) < 4.78 is 32.5. The quantitative estimate of drug-likeness (QED) is 0.926. The standard InChI is InChI=1S/C16H15F2NO/c17-11-3-8-15(18)14(9-11)16(19)10-1-4-12(5-2-10)20-13-6-7-13/h1-5,8-9,13,16H,6-7,19H2. The van der Waals surface area contributed by atoms with E-state index in [1.54, 1.807) is 12.1 Å². The van der Waals surface area contributed by atoms with E-state index in [9.17, 15) is 8.78 Å². The maximum absolute atomic E-state index is 13.7. The minimum atomic E-state index is -0.694. The maximum Gasteiger partial charge on any atom is 0.128 e. The summed E-state index contributed by atoms with van der Waals surface area (Å²) in [6, 6.07) is 9.80. The topological polar surface area (TPSA) is 35.2 Å². The van der Waals surface area contributed by atoms with Crippen molar-refractivity contribution in [3.8, 4) is 5.75 Å². The molecule has 2 N–H and O–H groups in total. The number of rotatable bonds is 4. The summed E-state index contributed by atoms with van der Waals surface area (Å²) in [5.74, 6) is -0.217. The van der Waals surface area contributed by atoms with Gasteiger partial charge in [0.1, 0.15) is 17.4 Å². The Morgan fingerprint density at radius 3 is 2.40 bits per heavy atom. The Morgan fingerprint density at radius 1 is 1.05 bits per heavy atom. The summed E-state index contributed by atoms with van der Waals surface area (Å²) in [5, 5.41) is 0. The fourth-order valence-electron chi connectivity index (χ4n) is 2.06. The predicted molar refractivity (Wildman–Crippen MR) is 72.5 cm³/mol. The maximum atomic E-state index is 13.7. The van der Waals surface area contributed by atoms with Gasteiger partial charge in [0.05, 0.1) is 12.1 Å². The van der Waals surface area contributed by atoms with Gasteiger partial charge in [-0.25, -0.2) is 8.78 Å². The molecule has 0 aliphatic heterocycles. The van der Waals surface area contributed by atoms with Gasteiger partial charge in [0, 0.05) is 5.56 Å². The fraction of sp³-hybridized carbons (Fsp3) is 0.250. The highest BCUT2D eigenvalue weighted by Crippen LogP contribution is 2.29. The molecule has 2 nitrogen and oxygen atoms in total. The largest absolute Gasteiger partial charge is 0.490 e. The van der Waals surface area contributed by atoms with Crippen LogP contribution in [0.1, 0.15) is 30.0 Å². The van der Waals surface area contributed by atoms with Crippen LogP contribution in [-0.4, -0.2) is 6.10 Å². The monoisotopic (exact) mass is 275 g/mol. The van der Waals surface area contributed by atoms with Crippen molar-refractivity contribution >= 4 is 0 Å². The van der Waals surface area contributed by atoms with Gasteiger partial charge in [-0.1, -0.05) is 12.1 Å². The van der Waals surface area contributed by atoms with Gasteiger partial charge in [-0.2, -0.15) is 0 Å². The Labute approximate surface area is 116 Å². The molecule has 2 aromatic carbocycles. The van der Waals surface area contributed by atoms with E-state index < -0.39 is 17.7 Å². The van der Waals surface area contributed by atoms with E-state index in [0.717, 1.165) is 42.4 Å². The van der Waals surface area contributed by atoms with E-state index >= 15 is 0 Å². The zero-order chi connectivity index (χ0) is 14.1. The molecule has 2 aromatic rings. The van der Waals surface area contributed by atoms with Crippen LogP contribution in [0.5, 0.6) is 5.75 Å². The highest BCUT2D eigenvalue weighted by Gasteiger charge is 2.23. The van der Waals surface area contributed by atoms with E-state index in [1.807, 2.05) is 12.1 Å². The molecule has 20 heavy (non-hydrogen) atoms. The molecule has 1 saturated carbocycles. The molecule has 0 bridgehead atoms. The Kier molecular flexibility index (Phi) is 3.40. The number of hydrogen-bond donors (Lipinski definition) is 1.